The van der Waals surface area contributed by atoms with Crippen molar-refractivity contribution in [2.24, 2.45) is 0 Å². The number of hydrogen-bond donors (Lipinski definition) is 2. The number of rotatable bonds is 2. The van der Waals surface area contributed by atoms with Crippen molar-refractivity contribution in [1.29, 1.82) is 0 Å². The van der Waals surface area contributed by atoms with Crippen molar-refractivity contribution in [3.63, 3.8) is 0 Å². The average Bonchev–Trinajstić information content (AvgIpc) is 2.50. The van der Waals surface area contributed by atoms with Gasteiger partial charge in [0.05, 0.1) is 0 Å². The molecule has 0 saturated carbocycles. The van der Waals surface area contributed by atoms with Gasteiger partial charge in [-0.05, 0) is 0 Å². The van der Waals surface area contributed by atoms with Crippen LogP contribution in [0.2, 0.25) is 0 Å². The van der Waals surface area contributed by atoms with E-state index in [4.69, 9.17) is 5.11 Å². The van der Waals surface area contributed by atoms with Crippen LogP contribution in [0.1, 0.15) is 10.5 Å². The Bertz CT molecular complexity index is 397. The van der Waals surface area contributed by atoms with Gasteiger partial charge in [-0.15, -0.1) is 0 Å². The van der Waals surface area contributed by atoms with E-state index < -0.39 is 29.4 Å². The Balaban J connectivity index is 2.86. The highest BCUT2D eigenvalue weighted by Gasteiger charge is 2.39. The van der Waals surface area contributed by atoms with E-state index in [1.165, 1.54) is 5.32 Å². The number of halogens is 3. The van der Waals surface area contributed by atoms with E-state index in [9.17, 15) is 22.8 Å². The van der Waals surface area contributed by atoms with Crippen LogP contribution in [0.15, 0.2) is 10.8 Å². The molecular formula is C6H3F3N2O4. The fourth-order valence-electron chi connectivity index (χ4n) is 0.673. The van der Waals surface area contributed by atoms with Gasteiger partial charge in [0.15, 0.2) is 0 Å². The van der Waals surface area contributed by atoms with E-state index in [-0.39, 0.29) is 0 Å². The standard InChI is InChI=1S/C6H3F3N2O4/c7-6(8,9)5(14)10-2-1-15-11-3(2)4(12)13/h1H,(H,10,14)(H,12,13). The molecule has 0 unspecified atom stereocenters. The fourth-order valence-corrected chi connectivity index (χ4v) is 0.673. The first kappa shape index (κ1) is 11.0. The molecule has 0 radical (unpaired) electrons. The molecule has 0 aliphatic rings. The van der Waals surface area contributed by atoms with Crippen LogP contribution in [-0.4, -0.2) is 28.3 Å². The summed E-state index contributed by atoms with van der Waals surface area (Å²) in [6.45, 7) is 0. The van der Waals surface area contributed by atoms with Crippen molar-refractivity contribution in [2.45, 2.75) is 6.18 Å². The van der Waals surface area contributed by atoms with Crippen molar-refractivity contribution >= 4 is 17.6 Å². The molecule has 0 fully saturated rings. The van der Waals surface area contributed by atoms with Gasteiger partial charge in [-0.3, -0.25) is 4.79 Å². The Labute approximate surface area is 79.7 Å². The van der Waals surface area contributed by atoms with Crippen LogP contribution >= 0.6 is 0 Å². The number of carbonyl (C=O) groups excluding carboxylic acids is 1. The van der Waals surface area contributed by atoms with Crippen LogP contribution in [0.4, 0.5) is 18.9 Å². The summed E-state index contributed by atoms with van der Waals surface area (Å²) in [4.78, 5) is 20.8. The Morgan fingerprint density at radius 2 is 2.07 bits per heavy atom. The summed E-state index contributed by atoms with van der Waals surface area (Å²) in [6.07, 6.45) is -4.51. The molecule has 1 heterocycles. The number of aromatic carboxylic acids is 1. The lowest BCUT2D eigenvalue weighted by atomic mass is 10.3. The summed E-state index contributed by atoms with van der Waals surface area (Å²) >= 11 is 0. The summed E-state index contributed by atoms with van der Waals surface area (Å²) < 4.78 is 39.4. The molecule has 0 aliphatic heterocycles. The lowest BCUT2D eigenvalue weighted by Gasteiger charge is -2.05. The largest absolute Gasteiger partial charge is 0.476 e. The third-order valence-corrected chi connectivity index (χ3v) is 1.28. The summed E-state index contributed by atoms with van der Waals surface area (Å²) in [5.74, 6) is -3.91. The Kier molecular flexibility index (Phi) is 2.64. The van der Waals surface area contributed by atoms with Gasteiger partial charge >= 0.3 is 18.1 Å². The number of carboxylic acid groups (broad SMARTS) is 1. The minimum atomic E-state index is -5.10. The number of nitrogens with zero attached hydrogens (tertiary/aromatic N) is 1. The van der Waals surface area contributed by atoms with Gasteiger partial charge in [0, 0.05) is 0 Å². The first-order valence-corrected chi connectivity index (χ1v) is 3.38. The van der Waals surface area contributed by atoms with Gasteiger partial charge < -0.3 is 14.9 Å². The Morgan fingerprint density at radius 1 is 1.47 bits per heavy atom. The SMILES string of the molecule is O=C(O)c1nocc1NC(=O)C(F)(F)F. The average molecular weight is 224 g/mol. The monoisotopic (exact) mass is 224 g/mol. The van der Waals surface area contributed by atoms with E-state index in [1.807, 2.05) is 0 Å². The van der Waals surface area contributed by atoms with E-state index >= 15 is 0 Å². The third kappa shape index (κ3) is 2.45. The maximum absolute atomic E-state index is 11.8. The fraction of sp³-hybridized carbons (Fsp3) is 0.167. The Morgan fingerprint density at radius 3 is 2.53 bits per heavy atom. The highest BCUT2D eigenvalue weighted by molar-refractivity contribution is 6.00. The minimum absolute atomic E-state index is 0.590. The molecule has 82 valence electrons. The Hall–Kier alpha value is -2.06. The highest BCUT2D eigenvalue weighted by Crippen LogP contribution is 2.20. The van der Waals surface area contributed by atoms with E-state index in [0.29, 0.717) is 6.26 Å². The normalized spacial score (nSPS) is 11.1. The number of hydrogen-bond acceptors (Lipinski definition) is 4. The molecule has 1 aromatic rings. The molecule has 0 bridgehead atoms. The molecule has 0 aliphatic carbocycles. The molecule has 0 spiro atoms. The van der Waals surface area contributed by atoms with Gasteiger partial charge in [-0.25, -0.2) is 4.79 Å². The first-order valence-electron chi connectivity index (χ1n) is 3.38. The van der Waals surface area contributed by atoms with Crippen LogP contribution in [0.5, 0.6) is 0 Å². The second-order valence-corrected chi connectivity index (χ2v) is 2.33. The zero-order valence-corrected chi connectivity index (χ0v) is 6.83. The minimum Gasteiger partial charge on any atom is -0.476 e. The number of anilines is 1. The number of alkyl halides is 3. The summed E-state index contributed by atoms with van der Waals surface area (Å²) in [5.41, 5.74) is -1.45. The van der Waals surface area contributed by atoms with Gasteiger partial charge in [0.2, 0.25) is 5.69 Å². The molecule has 1 amide bonds. The van der Waals surface area contributed by atoms with Crippen LogP contribution in [0, 0.1) is 0 Å². The van der Waals surface area contributed by atoms with E-state index in [0.717, 1.165) is 0 Å². The predicted molar refractivity (Wildman–Crippen MR) is 38.1 cm³/mol. The van der Waals surface area contributed by atoms with Crippen molar-refractivity contribution in [1.82, 2.24) is 5.16 Å². The second kappa shape index (κ2) is 3.59. The second-order valence-electron chi connectivity index (χ2n) is 2.33. The van der Waals surface area contributed by atoms with Crippen LogP contribution < -0.4 is 5.32 Å². The molecule has 2 N–H and O–H groups in total. The smallest absolute Gasteiger partial charge is 0.471 e. The molecular weight excluding hydrogens is 221 g/mol. The maximum Gasteiger partial charge on any atom is 0.471 e. The van der Waals surface area contributed by atoms with Crippen molar-refractivity contribution in [3.05, 3.63) is 12.0 Å². The topological polar surface area (TPSA) is 92.4 Å². The summed E-state index contributed by atoms with van der Waals surface area (Å²) in [7, 11) is 0. The first-order chi connectivity index (χ1) is 6.82. The predicted octanol–water partition coefficient (Wildman–Crippen LogP) is 0.874. The molecule has 15 heavy (non-hydrogen) atoms. The van der Waals surface area contributed by atoms with Crippen molar-refractivity contribution < 1.29 is 32.4 Å². The lowest BCUT2D eigenvalue weighted by Crippen LogP contribution is -2.30. The zero-order valence-electron chi connectivity index (χ0n) is 6.83. The van der Waals surface area contributed by atoms with Crippen LogP contribution in [0.25, 0.3) is 0 Å². The van der Waals surface area contributed by atoms with Crippen molar-refractivity contribution in [3.8, 4) is 0 Å². The molecule has 1 aromatic heterocycles. The number of carboxylic acids is 1. The number of nitrogens with one attached hydrogen (secondary N) is 1. The molecule has 0 atom stereocenters. The van der Waals surface area contributed by atoms with Crippen LogP contribution in [-0.2, 0) is 4.79 Å². The number of carbonyl (C=O) groups is 2. The summed E-state index contributed by atoms with van der Waals surface area (Å²) in [5, 5.41) is 12.6. The van der Waals surface area contributed by atoms with Gasteiger partial charge in [0.25, 0.3) is 0 Å². The lowest BCUT2D eigenvalue weighted by molar-refractivity contribution is -0.167. The molecule has 1 rings (SSSR count). The highest BCUT2D eigenvalue weighted by atomic mass is 19.4. The molecule has 9 heteroatoms. The van der Waals surface area contributed by atoms with Crippen LogP contribution in [0.3, 0.4) is 0 Å². The number of aromatic nitrogens is 1. The quantitative estimate of drug-likeness (QED) is 0.777. The molecule has 6 nitrogen and oxygen atoms in total. The zero-order chi connectivity index (χ0) is 11.6. The molecule has 0 saturated heterocycles. The molecule has 0 aromatic carbocycles. The van der Waals surface area contributed by atoms with E-state index in [1.54, 1.807) is 0 Å². The third-order valence-electron chi connectivity index (χ3n) is 1.28. The number of amides is 1. The van der Waals surface area contributed by atoms with Crippen molar-refractivity contribution in [2.75, 3.05) is 5.32 Å². The van der Waals surface area contributed by atoms with E-state index in [2.05, 4.69) is 9.68 Å². The summed E-state index contributed by atoms with van der Waals surface area (Å²) in [6, 6.07) is 0. The maximum atomic E-state index is 11.8. The van der Waals surface area contributed by atoms with Gasteiger partial charge in [-0.2, -0.15) is 13.2 Å². The van der Waals surface area contributed by atoms with Gasteiger partial charge in [0.1, 0.15) is 12.0 Å². The van der Waals surface area contributed by atoms with Gasteiger partial charge in [-0.1, -0.05) is 5.16 Å².